The molecule has 2 rings (SSSR count). The molecule has 1 heterocycles. The number of nitrogens with one attached hydrogen (secondary N) is 1. The molecular formula is C14H14Br2ClNS. The van der Waals surface area contributed by atoms with E-state index in [4.69, 9.17) is 11.6 Å². The molecule has 1 aromatic carbocycles. The first-order valence-electron chi connectivity index (χ1n) is 5.99. The smallest absolute Gasteiger partial charge is 0.0701 e. The molecule has 1 atom stereocenters. The van der Waals surface area contributed by atoms with Crippen molar-refractivity contribution >= 4 is 54.8 Å². The van der Waals surface area contributed by atoms with Crippen LogP contribution >= 0.6 is 54.8 Å². The predicted molar refractivity (Wildman–Crippen MR) is 91.3 cm³/mol. The summed E-state index contributed by atoms with van der Waals surface area (Å²) in [4.78, 5) is 1.38. The van der Waals surface area contributed by atoms with Gasteiger partial charge in [0, 0.05) is 27.0 Å². The summed E-state index contributed by atoms with van der Waals surface area (Å²) in [6, 6.07) is 10.5. The Morgan fingerprint density at radius 3 is 2.68 bits per heavy atom. The zero-order chi connectivity index (χ0) is 13.8. The van der Waals surface area contributed by atoms with Crippen LogP contribution in [0.2, 0.25) is 5.02 Å². The van der Waals surface area contributed by atoms with Gasteiger partial charge in [-0.2, -0.15) is 0 Å². The predicted octanol–water partition coefficient (Wildman–Crippen LogP) is 5.82. The topological polar surface area (TPSA) is 12.0 Å². The highest BCUT2D eigenvalue weighted by atomic mass is 79.9. The standard InChI is InChI=1S/C14H14Br2ClNS/c1-9(12-4-2-10(15)8-13(12)17)18-7-6-11-3-5-14(16)19-11/h2-5,8-9,18H,6-7H2,1H3. The van der Waals surface area contributed by atoms with Gasteiger partial charge in [-0.3, -0.25) is 0 Å². The fraction of sp³-hybridized carbons (Fsp3) is 0.286. The molecule has 1 unspecified atom stereocenters. The molecule has 0 aliphatic heterocycles. The van der Waals surface area contributed by atoms with Crippen LogP contribution < -0.4 is 5.32 Å². The van der Waals surface area contributed by atoms with Gasteiger partial charge >= 0.3 is 0 Å². The Hall–Kier alpha value is 0.130. The summed E-state index contributed by atoms with van der Waals surface area (Å²) < 4.78 is 2.20. The van der Waals surface area contributed by atoms with Crippen molar-refractivity contribution in [3.8, 4) is 0 Å². The second-order valence-corrected chi connectivity index (χ2v) is 8.17. The van der Waals surface area contributed by atoms with Crippen molar-refractivity contribution in [3.05, 3.63) is 54.1 Å². The highest BCUT2D eigenvalue weighted by molar-refractivity contribution is 9.11. The second kappa shape index (κ2) is 7.23. The van der Waals surface area contributed by atoms with E-state index in [2.05, 4.69) is 62.3 Å². The number of halogens is 3. The van der Waals surface area contributed by atoms with Crippen LogP contribution in [0.3, 0.4) is 0 Å². The molecular weight excluding hydrogens is 409 g/mol. The lowest BCUT2D eigenvalue weighted by Crippen LogP contribution is -2.21. The van der Waals surface area contributed by atoms with Crippen molar-refractivity contribution in [1.82, 2.24) is 5.32 Å². The minimum Gasteiger partial charge on any atom is -0.310 e. The first-order chi connectivity index (χ1) is 9.06. The van der Waals surface area contributed by atoms with E-state index in [-0.39, 0.29) is 6.04 Å². The third kappa shape index (κ3) is 4.57. The molecule has 0 saturated carbocycles. The lowest BCUT2D eigenvalue weighted by atomic mass is 10.1. The maximum absolute atomic E-state index is 6.25. The van der Waals surface area contributed by atoms with Crippen LogP contribution in [0, 0.1) is 0 Å². The van der Waals surface area contributed by atoms with Crippen LogP contribution in [0.5, 0.6) is 0 Å². The average molecular weight is 424 g/mol. The van der Waals surface area contributed by atoms with E-state index >= 15 is 0 Å². The molecule has 0 spiro atoms. The van der Waals surface area contributed by atoms with E-state index in [1.165, 1.54) is 8.66 Å². The first kappa shape index (κ1) is 15.5. The summed E-state index contributed by atoms with van der Waals surface area (Å²) in [5.74, 6) is 0. The summed E-state index contributed by atoms with van der Waals surface area (Å²) in [5.41, 5.74) is 1.14. The molecule has 102 valence electrons. The normalized spacial score (nSPS) is 12.6. The molecule has 0 aliphatic carbocycles. The Morgan fingerprint density at radius 2 is 2.05 bits per heavy atom. The number of benzene rings is 1. The number of rotatable bonds is 5. The molecule has 5 heteroatoms. The van der Waals surface area contributed by atoms with Crippen molar-refractivity contribution in [2.45, 2.75) is 19.4 Å². The minimum absolute atomic E-state index is 0.254. The van der Waals surface area contributed by atoms with Gasteiger partial charge in [-0.1, -0.05) is 33.6 Å². The van der Waals surface area contributed by atoms with Crippen molar-refractivity contribution in [1.29, 1.82) is 0 Å². The molecule has 1 nitrogen and oxygen atoms in total. The van der Waals surface area contributed by atoms with Gasteiger partial charge in [0.2, 0.25) is 0 Å². The molecule has 0 fully saturated rings. The zero-order valence-electron chi connectivity index (χ0n) is 10.4. The molecule has 0 aliphatic rings. The summed E-state index contributed by atoms with van der Waals surface area (Å²) in [5, 5.41) is 4.31. The number of hydrogen-bond acceptors (Lipinski definition) is 2. The highest BCUT2D eigenvalue weighted by Crippen LogP contribution is 2.26. The van der Waals surface area contributed by atoms with Crippen LogP contribution in [-0.4, -0.2) is 6.54 Å². The zero-order valence-corrected chi connectivity index (χ0v) is 15.2. The first-order valence-corrected chi connectivity index (χ1v) is 8.77. The average Bonchev–Trinajstić information content (AvgIpc) is 2.75. The van der Waals surface area contributed by atoms with Gasteiger partial charge in [0.05, 0.1) is 3.79 Å². The van der Waals surface area contributed by atoms with Crippen molar-refractivity contribution < 1.29 is 0 Å². The second-order valence-electron chi connectivity index (χ2n) is 4.30. The monoisotopic (exact) mass is 421 g/mol. The van der Waals surface area contributed by atoms with Crippen LogP contribution in [0.4, 0.5) is 0 Å². The van der Waals surface area contributed by atoms with E-state index in [0.717, 1.165) is 28.0 Å². The molecule has 0 bridgehead atoms. The Balaban J connectivity index is 1.88. The van der Waals surface area contributed by atoms with Gasteiger partial charge in [-0.25, -0.2) is 0 Å². The summed E-state index contributed by atoms with van der Waals surface area (Å²) in [6.45, 7) is 3.08. The third-order valence-corrected chi connectivity index (χ3v) is 5.38. The lowest BCUT2D eigenvalue weighted by molar-refractivity contribution is 0.578. The molecule has 0 radical (unpaired) electrons. The quantitative estimate of drug-likeness (QED) is 0.639. The fourth-order valence-corrected chi connectivity index (χ4v) is 4.18. The SMILES string of the molecule is CC(NCCc1ccc(Br)s1)c1ccc(Br)cc1Cl. The summed E-state index contributed by atoms with van der Waals surface area (Å²) >= 11 is 14.9. The molecule has 2 aromatic rings. The Kier molecular flexibility index (Phi) is 5.90. The van der Waals surface area contributed by atoms with Crippen molar-refractivity contribution in [2.75, 3.05) is 6.54 Å². The molecule has 0 amide bonds. The molecule has 19 heavy (non-hydrogen) atoms. The van der Waals surface area contributed by atoms with E-state index in [0.29, 0.717) is 0 Å². The van der Waals surface area contributed by atoms with Crippen molar-refractivity contribution in [3.63, 3.8) is 0 Å². The summed E-state index contributed by atoms with van der Waals surface area (Å²) in [7, 11) is 0. The van der Waals surface area contributed by atoms with Gasteiger partial charge in [-0.05, 0) is 59.1 Å². The van der Waals surface area contributed by atoms with E-state index in [1.54, 1.807) is 11.3 Å². The van der Waals surface area contributed by atoms with Gasteiger partial charge < -0.3 is 5.32 Å². The van der Waals surface area contributed by atoms with E-state index in [1.807, 2.05) is 12.1 Å². The van der Waals surface area contributed by atoms with Crippen molar-refractivity contribution in [2.24, 2.45) is 0 Å². The van der Waals surface area contributed by atoms with E-state index in [9.17, 15) is 0 Å². The van der Waals surface area contributed by atoms with Crippen LogP contribution in [0.25, 0.3) is 0 Å². The molecule has 1 N–H and O–H groups in total. The van der Waals surface area contributed by atoms with Crippen LogP contribution in [0.15, 0.2) is 38.6 Å². The summed E-state index contributed by atoms with van der Waals surface area (Å²) in [6.07, 6.45) is 1.04. The highest BCUT2D eigenvalue weighted by Gasteiger charge is 2.09. The Labute approximate surface area is 139 Å². The lowest BCUT2D eigenvalue weighted by Gasteiger charge is -2.15. The maximum Gasteiger partial charge on any atom is 0.0701 e. The Bertz CT molecular complexity index is 556. The van der Waals surface area contributed by atoms with E-state index < -0.39 is 0 Å². The van der Waals surface area contributed by atoms with Gasteiger partial charge in [0.1, 0.15) is 0 Å². The third-order valence-electron chi connectivity index (χ3n) is 2.88. The van der Waals surface area contributed by atoms with Gasteiger partial charge in [0.15, 0.2) is 0 Å². The largest absolute Gasteiger partial charge is 0.310 e. The fourth-order valence-electron chi connectivity index (χ4n) is 1.86. The molecule has 1 aromatic heterocycles. The van der Waals surface area contributed by atoms with Crippen LogP contribution in [-0.2, 0) is 6.42 Å². The van der Waals surface area contributed by atoms with Gasteiger partial charge in [0.25, 0.3) is 0 Å². The number of thiophene rings is 1. The van der Waals surface area contributed by atoms with Crippen LogP contribution in [0.1, 0.15) is 23.4 Å². The molecule has 0 saturated heterocycles. The van der Waals surface area contributed by atoms with Gasteiger partial charge in [-0.15, -0.1) is 11.3 Å². The number of hydrogen-bond donors (Lipinski definition) is 1. The maximum atomic E-state index is 6.25. The minimum atomic E-state index is 0.254. The Morgan fingerprint density at radius 1 is 1.26 bits per heavy atom.